The average Bonchev–Trinajstić information content (AvgIpc) is 3.64. The summed E-state index contributed by atoms with van der Waals surface area (Å²) in [5.41, 5.74) is 6.35. The Morgan fingerprint density at radius 3 is 2.19 bits per heavy atom. The van der Waals surface area contributed by atoms with Crippen molar-refractivity contribution in [2.24, 2.45) is 5.92 Å². The predicted molar refractivity (Wildman–Crippen MR) is 125 cm³/mol. The number of thiocarbonyl (C=S) groups is 1. The minimum Gasteiger partial charge on any atom is -0.494 e. The summed E-state index contributed by atoms with van der Waals surface area (Å²) in [6, 6.07) is 13.2. The molecule has 0 saturated heterocycles. The fraction of sp³-hybridized carbons (Fsp3) is 0.304. The number of hydrogen-bond acceptors (Lipinski definition) is 5. The molecule has 32 heavy (non-hydrogen) atoms. The second-order valence-corrected chi connectivity index (χ2v) is 7.84. The molecule has 2 aromatic carbocycles. The number of hydrazine groups is 1. The van der Waals surface area contributed by atoms with Gasteiger partial charge in [-0.3, -0.25) is 30.6 Å². The van der Waals surface area contributed by atoms with Gasteiger partial charge in [0, 0.05) is 22.7 Å². The van der Waals surface area contributed by atoms with Gasteiger partial charge in [-0.1, -0.05) is 13.3 Å². The van der Waals surface area contributed by atoms with E-state index in [-0.39, 0.29) is 16.9 Å². The number of carbonyl (C=O) groups excluding carboxylic acids is 3. The van der Waals surface area contributed by atoms with Crippen LogP contribution >= 0.6 is 12.2 Å². The van der Waals surface area contributed by atoms with E-state index in [0.717, 1.165) is 25.7 Å². The largest absolute Gasteiger partial charge is 0.494 e. The van der Waals surface area contributed by atoms with E-state index in [0.29, 0.717) is 29.2 Å². The lowest BCUT2D eigenvalue weighted by Gasteiger charge is -2.12. The molecular formula is C23H26N4O4S. The van der Waals surface area contributed by atoms with Crippen LogP contribution in [0.5, 0.6) is 5.75 Å². The molecular weight excluding hydrogens is 428 g/mol. The van der Waals surface area contributed by atoms with Gasteiger partial charge in [-0.15, -0.1) is 0 Å². The van der Waals surface area contributed by atoms with Gasteiger partial charge in [0.1, 0.15) is 5.75 Å². The summed E-state index contributed by atoms with van der Waals surface area (Å²) in [6.07, 6.45) is 3.86. The topological polar surface area (TPSA) is 109 Å². The first-order valence-corrected chi connectivity index (χ1v) is 10.9. The molecule has 0 heterocycles. The maximum absolute atomic E-state index is 12.3. The third-order valence-corrected chi connectivity index (χ3v) is 4.97. The Morgan fingerprint density at radius 2 is 1.56 bits per heavy atom. The molecule has 8 nitrogen and oxygen atoms in total. The van der Waals surface area contributed by atoms with E-state index in [1.807, 2.05) is 0 Å². The van der Waals surface area contributed by atoms with Gasteiger partial charge in [-0.25, -0.2) is 0 Å². The molecule has 1 aliphatic carbocycles. The Balaban J connectivity index is 1.42. The number of nitrogens with one attached hydrogen (secondary N) is 4. The third kappa shape index (κ3) is 7.05. The Bertz CT molecular complexity index is 972. The summed E-state index contributed by atoms with van der Waals surface area (Å²) in [5, 5.41) is 5.27. The fourth-order valence-electron chi connectivity index (χ4n) is 2.72. The zero-order chi connectivity index (χ0) is 22.9. The Morgan fingerprint density at radius 1 is 0.938 bits per heavy atom. The molecule has 9 heteroatoms. The van der Waals surface area contributed by atoms with Crippen molar-refractivity contribution < 1.29 is 19.1 Å². The first-order chi connectivity index (χ1) is 15.5. The fourth-order valence-corrected chi connectivity index (χ4v) is 2.87. The maximum atomic E-state index is 12.3. The smallest absolute Gasteiger partial charge is 0.269 e. The lowest BCUT2D eigenvalue weighted by atomic mass is 10.2. The highest BCUT2D eigenvalue weighted by atomic mass is 32.1. The number of amides is 3. The highest BCUT2D eigenvalue weighted by Crippen LogP contribution is 2.30. The summed E-state index contributed by atoms with van der Waals surface area (Å²) in [6.45, 7) is 2.72. The monoisotopic (exact) mass is 454 g/mol. The molecule has 1 fully saturated rings. The third-order valence-electron chi connectivity index (χ3n) is 4.76. The van der Waals surface area contributed by atoms with E-state index in [1.165, 1.54) is 0 Å². The molecule has 0 unspecified atom stereocenters. The van der Waals surface area contributed by atoms with Crippen molar-refractivity contribution in [3.63, 3.8) is 0 Å². The molecule has 0 aliphatic heterocycles. The molecule has 168 valence electrons. The second-order valence-electron chi connectivity index (χ2n) is 7.43. The molecule has 4 N–H and O–H groups in total. The van der Waals surface area contributed by atoms with Crippen LogP contribution in [0.3, 0.4) is 0 Å². The number of unbranched alkanes of at least 4 members (excludes halogenated alkanes) is 1. The molecule has 1 saturated carbocycles. The van der Waals surface area contributed by atoms with Gasteiger partial charge in [0.05, 0.1) is 6.61 Å². The molecule has 2 aromatic rings. The van der Waals surface area contributed by atoms with Crippen LogP contribution in [-0.2, 0) is 4.79 Å². The zero-order valence-corrected chi connectivity index (χ0v) is 18.6. The number of carbonyl (C=O) groups is 3. The minimum atomic E-state index is -0.435. The Hall–Kier alpha value is -3.46. The minimum absolute atomic E-state index is 0.00335. The van der Waals surface area contributed by atoms with Gasteiger partial charge in [-0.05, 0) is 80.0 Å². The van der Waals surface area contributed by atoms with Gasteiger partial charge in [-0.2, -0.15) is 0 Å². The SMILES string of the molecule is CCCCOc1ccc(C(=O)NC(=S)NNC(=O)c2ccc(NC(=O)C3CC3)cc2)cc1. The number of anilines is 1. The highest BCUT2D eigenvalue weighted by molar-refractivity contribution is 7.80. The summed E-state index contributed by atoms with van der Waals surface area (Å²) in [7, 11) is 0. The number of hydrogen-bond donors (Lipinski definition) is 4. The van der Waals surface area contributed by atoms with Crippen molar-refractivity contribution in [2.45, 2.75) is 32.6 Å². The van der Waals surface area contributed by atoms with Crippen molar-refractivity contribution in [1.29, 1.82) is 0 Å². The van der Waals surface area contributed by atoms with Gasteiger partial charge in [0.15, 0.2) is 5.11 Å². The van der Waals surface area contributed by atoms with E-state index < -0.39 is 11.8 Å². The molecule has 0 aromatic heterocycles. The van der Waals surface area contributed by atoms with Gasteiger partial charge in [0.2, 0.25) is 5.91 Å². The molecule has 3 amide bonds. The number of rotatable bonds is 8. The molecule has 0 atom stereocenters. The van der Waals surface area contributed by atoms with Crippen LogP contribution in [0.4, 0.5) is 5.69 Å². The summed E-state index contributed by atoms with van der Waals surface area (Å²) < 4.78 is 5.57. The van der Waals surface area contributed by atoms with Crippen LogP contribution in [0.15, 0.2) is 48.5 Å². The first-order valence-electron chi connectivity index (χ1n) is 10.5. The van der Waals surface area contributed by atoms with Crippen LogP contribution in [-0.4, -0.2) is 29.4 Å². The summed E-state index contributed by atoms with van der Waals surface area (Å²) >= 11 is 5.06. The molecule has 3 rings (SSSR count). The normalized spacial score (nSPS) is 12.4. The summed E-state index contributed by atoms with van der Waals surface area (Å²) in [4.78, 5) is 36.3. The van der Waals surface area contributed by atoms with E-state index in [2.05, 4.69) is 28.4 Å². The van der Waals surface area contributed by atoms with Crippen LogP contribution in [0.2, 0.25) is 0 Å². The van der Waals surface area contributed by atoms with Crippen molar-refractivity contribution in [3.8, 4) is 5.75 Å². The average molecular weight is 455 g/mol. The second kappa shape index (κ2) is 11.2. The zero-order valence-electron chi connectivity index (χ0n) is 17.8. The maximum Gasteiger partial charge on any atom is 0.269 e. The number of ether oxygens (including phenoxy) is 1. The van der Waals surface area contributed by atoms with Crippen LogP contribution in [0.1, 0.15) is 53.3 Å². The van der Waals surface area contributed by atoms with E-state index in [9.17, 15) is 14.4 Å². The quantitative estimate of drug-likeness (QED) is 0.277. The number of benzene rings is 2. The van der Waals surface area contributed by atoms with E-state index in [4.69, 9.17) is 17.0 Å². The van der Waals surface area contributed by atoms with Crippen LogP contribution in [0.25, 0.3) is 0 Å². The first kappa shape index (κ1) is 23.2. The van der Waals surface area contributed by atoms with Crippen LogP contribution in [0, 0.1) is 5.92 Å². The molecule has 0 bridgehead atoms. The van der Waals surface area contributed by atoms with Crippen molar-refractivity contribution in [3.05, 3.63) is 59.7 Å². The van der Waals surface area contributed by atoms with Gasteiger partial charge >= 0.3 is 0 Å². The van der Waals surface area contributed by atoms with E-state index in [1.54, 1.807) is 48.5 Å². The Kier molecular flexibility index (Phi) is 8.15. The lowest BCUT2D eigenvalue weighted by molar-refractivity contribution is -0.117. The van der Waals surface area contributed by atoms with Crippen molar-refractivity contribution >= 4 is 40.7 Å². The van der Waals surface area contributed by atoms with E-state index >= 15 is 0 Å². The highest BCUT2D eigenvalue weighted by Gasteiger charge is 2.29. The van der Waals surface area contributed by atoms with Crippen molar-refractivity contribution in [2.75, 3.05) is 11.9 Å². The lowest BCUT2D eigenvalue weighted by Crippen LogP contribution is -2.48. The standard InChI is InChI=1S/C23H26N4O4S/c1-2-3-14-31-19-12-8-16(9-13-19)21(29)25-23(32)27-26-22(30)17-6-10-18(11-7-17)24-20(28)15-4-5-15/h6-13,15H,2-5,14H2,1H3,(H,24,28)(H,26,30)(H2,25,27,29,32). The molecule has 0 radical (unpaired) electrons. The van der Waals surface area contributed by atoms with Crippen LogP contribution < -0.4 is 26.2 Å². The van der Waals surface area contributed by atoms with Crippen molar-refractivity contribution in [1.82, 2.24) is 16.2 Å². The predicted octanol–water partition coefficient (Wildman–Crippen LogP) is 3.16. The molecule has 1 aliphatic rings. The molecule has 0 spiro atoms. The summed E-state index contributed by atoms with van der Waals surface area (Å²) in [5.74, 6) is -0.0389. The van der Waals surface area contributed by atoms with Gasteiger partial charge in [0.25, 0.3) is 11.8 Å². The Labute approximate surface area is 192 Å². The van der Waals surface area contributed by atoms with Gasteiger partial charge < -0.3 is 10.1 Å².